The first-order valence-corrected chi connectivity index (χ1v) is 7.22. The van der Waals surface area contributed by atoms with E-state index < -0.39 is 0 Å². The van der Waals surface area contributed by atoms with Crippen molar-refractivity contribution >= 4 is 0 Å². The zero-order chi connectivity index (χ0) is 11.8. The molecule has 0 amide bonds. The Balaban J connectivity index is 1.89. The average Bonchev–Trinajstić information content (AvgIpc) is 2.48. The van der Waals surface area contributed by atoms with E-state index >= 15 is 0 Å². The molecule has 0 bridgehead atoms. The predicted molar refractivity (Wildman–Crippen MR) is 70.5 cm³/mol. The molecule has 0 heterocycles. The van der Waals surface area contributed by atoms with Crippen molar-refractivity contribution in [3.05, 3.63) is 0 Å². The van der Waals surface area contributed by atoms with E-state index in [0.29, 0.717) is 5.41 Å². The lowest BCUT2D eigenvalue weighted by Crippen LogP contribution is -2.45. The van der Waals surface area contributed by atoms with Crippen LogP contribution in [0.1, 0.15) is 66.2 Å². The van der Waals surface area contributed by atoms with Crippen molar-refractivity contribution in [3.8, 4) is 0 Å². The topological polar surface area (TPSA) is 12.0 Å². The Bertz CT molecular complexity index is 234. The van der Waals surface area contributed by atoms with Gasteiger partial charge >= 0.3 is 0 Å². The van der Waals surface area contributed by atoms with Gasteiger partial charge in [-0.05, 0) is 49.4 Å². The summed E-state index contributed by atoms with van der Waals surface area (Å²) in [5, 5.41) is 3.95. The summed E-state index contributed by atoms with van der Waals surface area (Å²) in [4.78, 5) is 0. The number of nitrogens with one attached hydrogen (secondary N) is 1. The highest BCUT2D eigenvalue weighted by Gasteiger charge is 2.34. The normalized spacial score (nSPS) is 43.5. The summed E-state index contributed by atoms with van der Waals surface area (Å²) < 4.78 is 0. The number of hydrogen-bond donors (Lipinski definition) is 1. The molecule has 4 unspecified atom stereocenters. The zero-order valence-corrected chi connectivity index (χ0v) is 11.6. The summed E-state index contributed by atoms with van der Waals surface area (Å²) in [6, 6.07) is 1.59. The first-order valence-electron chi connectivity index (χ1n) is 7.22. The van der Waals surface area contributed by atoms with E-state index in [9.17, 15) is 0 Å². The largest absolute Gasteiger partial charge is 0.311 e. The maximum atomic E-state index is 3.95. The molecule has 1 heteroatoms. The van der Waals surface area contributed by atoms with Crippen molar-refractivity contribution < 1.29 is 0 Å². The zero-order valence-electron chi connectivity index (χ0n) is 11.6. The molecule has 4 atom stereocenters. The van der Waals surface area contributed by atoms with Gasteiger partial charge in [-0.2, -0.15) is 0 Å². The molecular weight excluding hydrogens is 194 g/mol. The number of hydrogen-bond acceptors (Lipinski definition) is 1. The molecule has 2 saturated carbocycles. The Morgan fingerprint density at radius 3 is 2.38 bits per heavy atom. The highest BCUT2D eigenvalue weighted by molar-refractivity contribution is 4.90. The van der Waals surface area contributed by atoms with E-state index in [1.54, 1.807) is 0 Å². The van der Waals surface area contributed by atoms with Crippen LogP contribution >= 0.6 is 0 Å². The van der Waals surface area contributed by atoms with E-state index in [0.717, 1.165) is 23.9 Å². The first kappa shape index (κ1) is 12.4. The van der Waals surface area contributed by atoms with E-state index in [4.69, 9.17) is 0 Å². The lowest BCUT2D eigenvalue weighted by Gasteiger charge is -2.41. The van der Waals surface area contributed by atoms with Crippen LogP contribution in [0.25, 0.3) is 0 Å². The van der Waals surface area contributed by atoms with Gasteiger partial charge < -0.3 is 5.32 Å². The molecule has 0 aromatic rings. The molecule has 2 aliphatic carbocycles. The monoisotopic (exact) mass is 223 g/mol. The maximum Gasteiger partial charge on any atom is 0.00952 e. The molecule has 1 N–H and O–H groups in total. The molecule has 94 valence electrons. The Labute approximate surface area is 101 Å². The van der Waals surface area contributed by atoms with Gasteiger partial charge in [-0.3, -0.25) is 0 Å². The Morgan fingerprint density at radius 1 is 1.06 bits per heavy atom. The summed E-state index contributed by atoms with van der Waals surface area (Å²) in [6.45, 7) is 9.72. The Hall–Kier alpha value is -0.0400. The van der Waals surface area contributed by atoms with E-state index in [1.165, 1.54) is 38.5 Å². The summed E-state index contributed by atoms with van der Waals surface area (Å²) in [5.41, 5.74) is 0.553. The van der Waals surface area contributed by atoms with Crippen molar-refractivity contribution in [2.45, 2.75) is 78.3 Å². The fraction of sp³-hybridized carbons (Fsp3) is 1.00. The van der Waals surface area contributed by atoms with Gasteiger partial charge in [0.15, 0.2) is 0 Å². The quantitative estimate of drug-likeness (QED) is 0.746. The van der Waals surface area contributed by atoms with Crippen molar-refractivity contribution in [3.63, 3.8) is 0 Å². The molecule has 0 aromatic heterocycles. The lowest BCUT2D eigenvalue weighted by molar-refractivity contribution is 0.140. The summed E-state index contributed by atoms with van der Waals surface area (Å²) in [6.07, 6.45) is 8.46. The smallest absolute Gasteiger partial charge is 0.00952 e. The molecule has 16 heavy (non-hydrogen) atoms. The van der Waals surface area contributed by atoms with E-state index in [1.807, 2.05) is 0 Å². The second-order valence-electron chi connectivity index (χ2n) is 7.29. The van der Waals surface area contributed by atoms with Crippen LogP contribution in [0.15, 0.2) is 0 Å². The van der Waals surface area contributed by atoms with Gasteiger partial charge in [0.2, 0.25) is 0 Å². The van der Waals surface area contributed by atoms with Gasteiger partial charge in [0.05, 0.1) is 0 Å². The average molecular weight is 223 g/mol. The van der Waals surface area contributed by atoms with Crippen LogP contribution in [0.5, 0.6) is 0 Å². The van der Waals surface area contributed by atoms with E-state index in [2.05, 4.69) is 33.0 Å². The molecular formula is C15H29N. The highest BCUT2D eigenvalue weighted by Crippen LogP contribution is 2.39. The second kappa shape index (κ2) is 4.68. The van der Waals surface area contributed by atoms with Gasteiger partial charge in [-0.1, -0.05) is 34.1 Å². The van der Waals surface area contributed by atoms with Crippen molar-refractivity contribution in [2.24, 2.45) is 17.3 Å². The molecule has 2 fully saturated rings. The van der Waals surface area contributed by atoms with Crippen molar-refractivity contribution in [2.75, 3.05) is 0 Å². The minimum absolute atomic E-state index is 0.553. The van der Waals surface area contributed by atoms with Crippen molar-refractivity contribution in [1.82, 2.24) is 5.32 Å². The van der Waals surface area contributed by atoms with Crippen LogP contribution in [-0.4, -0.2) is 12.1 Å². The maximum absolute atomic E-state index is 3.95. The predicted octanol–water partition coefficient (Wildman–Crippen LogP) is 3.98. The van der Waals surface area contributed by atoms with Crippen LogP contribution in [0, 0.1) is 17.3 Å². The van der Waals surface area contributed by atoms with Gasteiger partial charge in [-0.15, -0.1) is 0 Å². The van der Waals surface area contributed by atoms with Gasteiger partial charge in [0.25, 0.3) is 0 Å². The molecule has 0 radical (unpaired) electrons. The third-order valence-corrected chi connectivity index (χ3v) is 4.70. The van der Waals surface area contributed by atoms with E-state index in [-0.39, 0.29) is 0 Å². The summed E-state index contributed by atoms with van der Waals surface area (Å²) in [7, 11) is 0. The molecule has 2 rings (SSSR count). The van der Waals surface area contributed by atoms with Crippen LogP contribution in [0.4, 0.5) is 0 Å². The standard InChI is InChI=1S/C15H29N/c1-11-8-13(10-15(3,4)9-11)16-14-7-5-6-12(14)2/h11-14,16H,5-10H2,1-4H3. The Kier molecular flexibility index (Phi) is 3.63. The SMILES string of the molecule is CC1CC(NC2CCCC2C)CC(C)(C)C1. The minimum Gasteiger partial charge on any atom is -0.311 e. The summed E-state index contributed by atoms with van der Waals surface area (Å²) in [5.74, 6) is 1.80. The fourth-order valence-corrected chi connectivity index (χ4v) is 4.17. The highest BCUT2D eigenvalue weighted by atomic mass is 15.0. The molecule has 2 aliphatic rings. The number of rotatable bonds is 2. The van der Waals surface area contributed by atoms with Gasteiger partial charge in [0.1, 0.15) is 0 Å². The van der Waals surface area contributed by atoms with Crippen LogP contribution in [-0.2, 0) is 0 Å². The molecule has 0 aliphatic heterocycles. The third-order valence-electron chi connectivity index (χ3n) is 4.70. The first-order chi connectivity index (χ1) is 7.46. The molecule has 0 spiro atoms. The fourth-order valence-electron chi connectivity index (χ4n) is 4.17. The minimum atomic E-state index is 0.553. The van der Waals surface area contributed by atoms with Gasteiger partial charge in [0, 0.05) is 12.1 Å². The lowest BCUT2D eigenvalue weighted by atomic mass is 9.70. The van der Waals surface area contributed by atoms with Crippen LogP contribution < -0.4 is 5.32 Å². The third kappa shape index (κ3) is 3.00. The van der Waals surface area contributed by atoms with Crippen LogP contribution in [0.2, 0.25) is 0 Å². The summed E-state index contributed by atoms with van der Waals surface area (Å²) >= 11 is 0. The van der Waals surface area contributed by atoms with Crippen LogP contribution in [0.3, 0.4) is 0 Å². The second-order valence-corrected chi connectivity index (χ2v) is 7.29. The Morgan fingerprint density at radius 2 is 1.81 bits per heavy atom. The molecule has 0 aromatic carbocycles. The molecule has 0 saturated heterocycles. The molecule has 1 nitrogen and oxygen atoms in total. The van der Waals surface area contributed by atoms with Crippen molar-refractivity contribution in [1.29, 1.82) is 0 Å². The van der Waals surface area contributed by atoms with Gasteiger partial charge in [-0.25, -0.2) is 0 Å².